The first-order valence-electron chi connectivity index (χ1n) is 8.40. The van der Waals surface area contributed by atoms with Gasteiger partial charge in [0.1, 0.15) is 17.2 Å². The van der Waals surface area contributed by atoms with E-state index in [2.05, 4.69) is 5.38 Å². The smallest absolute Gasteiger partial charge is 0.220 e. The molecular formula is C18H24N3O3S+. The molecule has 0 atom stereocenters. The van der Waals surface area contributed by atoms with Crippen LogP contribution in [0, 0.1) is 5.92 Å². The maximum absolute atomic E-state index is 11.3. The van der Waals surface area contributed by atoms with Crippen LogP contribution < -0.4 is 20.1 Å². The number of methoxy groups -OCH3 is 2. The molecule has 1 amide bonds. The van der Waals surface area contributed by atoms with Crippen molar-refractivity contribution in [3.63, 3.8) is 0 Å². The molecule has 7 heteroatoms. The third-order valence-corrected chi connectivity index (χ3v) is 5.65. The third-order valence-electron chi connectivity index (χ3n) is 4.71. The van der Waals surface area contributed by atoms with Crippen molar-refractivity contribution in [3.05, 3.63) is 29.3 Å². The Morgan fingerprint density at radius 2 is 2.00 bits per heavy atom. The van der Waals surface area contributed by atoms with Crippen molar-refractivity contribution in [2.24, 2.45) is 11.7 Å². The minimum atomic E-state index is -0.163. The lowest BCUT2D eigenvalue weighted by atomic mass is 9.96. The number of rotatable bonds is 6. The highest BCUT2D eigenvalue weighted by Crippen LogP contribution is 2.33. The van der Waals surface area contributed by atoms with Gasteiger partial charge in [0.05, 0.1) is 27.3 Å². The second-order valence-electron chi connectivity index (χ2n) is 6.32. The number of hydrogen-bond donors (Lipinski definition) is 2. The molecule has 25 heavy (non-hydrogen) atoms. The fraction of sp³-hybridized carbons (Fsp3) is 0.444. The summed E-state index contributed by atoms with van der Waals surface area (Å²) >= 11 is 1.63. The Morgan fingerprint density at radius 3 is 2.64 bits per heavy atom. The Morgan fingerprint density at radius 1 is 1.28 bits per heavy atom. The van der Waals surface area contributed by atoms with Crippen molar-refractivity contribution in [1.82, 2.24) is 4.98 Å². The molecule has 134 valence electrons. The van der Waals surface area contributed by atoms with Gasteiger partial charge in [-0.15, -0.1) is 11.3 Å². The molecule has 0 saturated carbocycles. The molecule has 0 radical (unpaired) electrons. The zero-order valence-corrected chi connectivity index (χ0v) is 15.4. The van der Waals surface area contributed by atoms with Gasteiger partial charge < -0.3 is 20.1 Å². The number of nitrogens with zero attached hydrogens (tertiary/aromatic N) is 1. The van der Waals surface area contributed by atoms with E-state index in [1.807, 2.05) is 18.2 Å². The van der Waals surface area contributed by atoms with Crippen LogP contribution in [-0.2, 0) is 11.3 Å². The minimum Gasteiger partial charge on any atom is -0.493 e. The van der Waals surface area contributed by atoms with Crippen molar-refractivity contribution >= 4 is 17.2 Å². The standard InChI is InChI=1S/C18H23N3O3S/c1-23-15-4-3-13(9-16(15)24-2)18-20-14(11-25-18)10-21-7-5-12(6-8-21)17(19)22/h3-4,9,11-12H,5-8,10H2,1-2H3,(H2,19,22)/p+1. The summed E-state index contributed by atoms with van der Waals surface area (Å²) in [6.45, 7) is 2.82. The van der Waals surface area contributed by atoms with Crippen molar-refractivity contribution in [1.29, 1.82) is 0 Å². The van der Waals surface area contributed by atoms with E-state index in [0.29, 0.717) is 11.5 Å². The van der Waals surface area contributed by atoms with Gasteiger partial charge in [-0.05, 0) is 18.2 Å². The zero-order valence-electron chi connectivity index (χ0n) is 14.6. The molecule has 2 aromatic rings. The molecular weight excluding hydrogens is 338 g/mol. The molecule has 1 aromatic carbocycles. The van der Waals surface area contributed by atoms with Crippen LogP contribution in [0.5, 0.6) is 11.5 Å². The highest BCUT2D eigenvalue weighted by molar-refractivity contribution is 7.13. The molecule has 0 unspecified atom stereocenters. The first-order chi connectivity index (χ1) is 12.1. The highest BCUT2D eigenvalue weighted by Gasteiger charge is 2.26. The van der Waals surface area contributed by atoms with Crippen LogP contribution >= 0.6 is 11.3 Å². The van der Waals surface area contributed by atoms with Gasteiger partial charge in [0.2, 0.25) is 5.91 Å². The van der Waals surface area contributed by atoms with Crippen LogP contribution in [0.25, 0.3) is 10.6 Å². The minimum absolute atomic E-state index is 0.0431. The van der Waals surface area contributed by atoms with Gasteiger partial charge in [0.25, 0.3) is 0 Å². The number of ether oxygens (including phenoxy) is 2. The molecule has 0 spiro atoms. The second-order valence-corrected chi connectivity index (χ2v) is 7.18. The summed E-state index contributed by atoms with van der Waals surface area (Å²) in [5.41, 5.74) is 7.51. The van der Waals surface area contributed by atoms with Crippen molar-refractivity contribution < 1.29 is 19.2 Å². The molecule has 1 aromatic heterocycles. The lowest BCUT2D eigenvalue weighted by molar-refractivity contribution is -0.919. The maximum Gasteiger partial charge on any atom is 0.220 e. The number of likely N-dealkylation sites (tertiary alicyclic amines) is 1. The fourth-order valence-corrected chi connectivity index (χ4v) is 4.05. The van der Waals surface area contributed by atoms with Gasteiger partial charge in [-0.3, -0.25) is 4.79 Å². The summed E-state index contributed by atoms with van der Waals surface area (Å²) in [5, 5.41) is 3.08. The molecule has 1 saturated heterocycles. The maximum atomic E-state index is 11.3. The number of benzene rings is 1. The van der Waals surface area contributed by atoms with E-state index >= 15 is 0 Å². The Bertz CT molecular complexity index is 739. The summed E-state index contributed by atoms with van der Waals surface area (Å²) in [6, 6.07) is 5.84. The van der Waals surface area contributed by atoms with Crippen LogP contribution in [0.4, 0.5) is 0 Å². The predicted molar refractivity (Wildman–Crippen MR) is 97.0 cm³/mol. The normalized spacial score (nSPS) is 20.2. The monoisotopic (exact) mass is 362 g/mol. The number of amides is 1. The molecule has 3 N–H and O–H groups in total. The molecule has 0 bridgehead atoms. The number of aromatic nitrogens is 1. The first-order valence-corrected chi connectivity index (χ1v) is 9.28. The lowest BCUT2D eigenvalue weighted by Gasteiger charge is -2.27. The van der Waals surface area contributed by atoms with Crippen LogP contribution in [0.15, 0.2) is 23.6 Å². The van der Waals surface area contributed by atoms with E-state index in [4.69, 9.17) is 20.2 Å². The Balaban J connectivity index is 1.66. The predicted octanol–water partition coefficient (Wildman–Crippen LogP) is 1.11. The second kappa shape index (κ2) is 7.84. The zero-order chi connectivity index (χ0) is 17.8. The van der Waals surface area contributed by atoms with E-state index in [-0.39, 0.29) is 11.8 Å². The molecule has 1 aliphatic heterocycles. The number of quaternary nitrogens is 1. The van der Waals surface area contributed by atoms with Crippen LogP contribution in [0.2, 0.25) is 0 Å². The number of carbonyl (C=O) groups is 1. The van der Waals surface area contributed by atoms with Crippen LogP contribution in [-0.4, -0.2) is 38.2 Å². The molecule has 1 aliphatic rings. The Labute approximate surface area is 151 Å². The van der Waals surface area contributed by atoms with E-state index in [1.54, 1.807) is 25.6 Å². The average molecular weight is 362 g/mol. The van der Waals surface area contributed by atoms with E-state index < -0.39 is 0 Å². The highest BCUT2D eigenvalue weighted by atomic mass is 32.1. The van der Waals surface area contributed by atoms with E-state index in [0.717, 1.165) is 48.7 Å². The third kappa shape index (κ3) is 4.11. The molecule has 3 rings (SSSR count). The number of nitrogens with one attached hydrogen (secondary N) is 1. The largest absolute Gasteiger partial charge is 0.493 e. The van der Waals surface area contributed by atoms with Crippen molar-refractivity contribution in [2.75, 3.05) is 27.3 Å². The quantitative estimate of drug-likeness (QED) is 0.807. The van der Waals surface area contributed by atoms with Crippen LogP contribution in [0.3, 0.4) is 0 Å². The van der Waals surface area contributed by atoms with Gasteiger partial charge >= 0.3 is 0 Å². The van der Waals surface area contributed by atoms with Crippen molar-refractivity contribution in [2.45, 2.75) is 19.4 Å². The summed E-state index contributed by atoms with van der Waals surface area (Å²) < 4.78 is 10.6. The SMILES string of the molecule is COc1ccc(-c2nc(C[NH+]3CCC(C(N)=O)CC3)cs2)cc1OC. The van der Waals surface area contributed by atoms with Gasteiger partial charge in [-0.1, -0.05) is 0 Å². The van der Waals surface area contributed by atoms with Gasteiger partial charge in [-0.2, -0.15) is 0 Å². The average Bonchev–Trinajstić information content (AvgIpc) is 3.10. The lowest BCUT2D eigenvalue weighted by Crippen LogP contribution is -3.11. The summed E-state index contributed by atoms with van der Waals surface area (Å²) in [6.07, 6.45) is 1.74. The van der Waals surface area contributed by atoms with E-state index in [9.17, 15) is 4.79 Å². The molecule has 2 heterocycles. The summed E-state index contributed by atoms with van der Waals surface area (Å²) in [7, 11) is 3.26. The Kier molecular flexibility index (Phi) is 5.55. The van der Waals surface area contributed by atoms with Gasteiger partial charge in [-0.25, -0.2) is 4.98 Å². The fourth-order valence-electron chi connectivity index (χ4n) is 3.23. The number of thiazole rings is 1. The van der Waals surface area contributed by atoms with Gasteiger partial charge in [0.15, 0.2) is 11.5 Å². The first kappa shape index (κ1) is 17.7. The molecule has 6 nitrogen and oxygen atoms in total. The summed E-state index contributed by atoms with van der Waals surface area (Å²) in [4.78, 5) is 17.5. The topological polar surface area (TPSA) is 78.9 Å². The Hall–Kier alpha value is -2.12. The van der Waals surface area contributed by atoms with Crippen molar-refractivity contribution in [3.8, 4) is 22.1 Å². The molecule has 0 aliphatic carbocycles. The van der Waals surface area contributed by atoms with Crippen LogP contribution in [0.1, 0.15) is 18.5 Å². The molecule has 1 fully saturated rings. The number of carbonyl (C=O) groups excluding carboxylic acids is 1. The summed E-state index contributed by atoms with van der Waals surface area (Å²) in [5.74, 6) is 1.30. The van der Waals surface area contributed by atoms with E-state index in [1.165, 1.54) is 4.90 Å². The number of nitrogens with two attached hydrogens (primary N) is 1. The number of piperidine rings is 1. The van der Waals surface area contributed by atoms with Gasteiger partial charge in [0, 0.05) is 29.7 Å². The number of primary amides is 1. The number of hydrogen-bond acceptors (Lipinski definition) is 5.